The van der Waals surface area contributed by atoms with Crippen molar-refractivity contribution in [1.82, 2.24) is 4.90 Å². The number of nitriles is 1. The van der Waals surface area contributed by atoms with Crippen molar-refractivity contribution < 1.29 is 4.79 Å². The Labute approximate surface area is 73.0 Å². The van der Waals surface area contributed by atoms with Crippen LogP contribution in [0.4, 0.5) is 0 Å². The zero-order valence-electron chi connectivity index (χ0n) is 7.58. The van der Waals surface area contributed by atoms with Gasteiger partial charge in [-0.25, -0.2) is 0 Å². The molecule has 0 heterocycles. The molecule has 0 aromatic rings. The lowest BCUT2D eigenvalue weighted by Crippen LogP contribution is -2.32. The van der Waals surface area contributed by atoms with Gasteiger partial charge in [-0.3, -0.25) is 4.79 Å². The predicted molar refractivity (Wildman–Crippen MR) is 45.1 cm³/mol. The standard InChI is InChI=1S/C9H14N2O/c1-3-11(5-4-10)9(12)8-6-7(8)2/h7-8H,3,5-6H2,1-2H3. The van der Waals surface area contributed by atoms with Gasteiger partial charge in [-0.05, 0) is 19.3 Å². The van der Waals surface area contributed by atoms with Crippen molar-refractivity contribution in [2.45, 2.75) is 20.3 Å². The van der Waals surface area contributed by atoms with E-state index in [0.29, 0.717) is 12.5 Å². The summed E-state index contributed by atoms with van der Waals surface area (Å²) in [4.78, 5) is 13.1. The van der Waals surface area contributed by atoms with Crippen LogP contribution in [0.25, 0.3) is 0 Å². The molecule has 12 heavy (non-hydrogen) atoms. The summed E-state index contributed by atoms with van der Waals surface area (Å²) in [5.74, 6) is 0.898. The van der Waals surface area contributed by atoms with Crippen LogP contribution in [0.15, 0.2) is 0 Å². The fraction of sp³-hybridized carbons (Fsp3) is 0.778. The molecule has 0 N–H and O–H groups in total. The van der Waals surface area contributed by atoms with E-state index in [4.69, 9.17) is 5.26 Å². The molecule has 0 aliphatic heterocycles. The van der Waals surface area contributed by atoms with E-state index in [1.54, 1.807) is 4.90 Å². The second-order valence-corrected chi connectivity index (χ2v) is 3.33. The fourth-order valence-electron chi connectivity index (χ4n) is 1.33. The van der Waals surface area contributed by atoms with Crippen molar-refractivity contribution >= 4 is 5.91 Å². The number of nitrogens with zero attached hydrogens (tertiary/aromatic N) is 2. The van der Waals surface area contributed by atoms with Gasteiger partial charge < -0.3 is 4.90 Å². The molecule has 3 nitrogen and oxygen atoms in total. The van der Waals surface area contributed by atoms with Crippen LogP contribution in [0, 0.1) is 23.2 Å². The van der Waals surface area contributed by atoms with Gasteiger partial charge in [0.15, 0.2) is 0 Å². The quantitative estimate of drug-likeness (QED) is 0.587. The molecular weight excluding hydrogens is 152 g/mol. The minimum Gasteiger partial charge on any atom is -0.329 e. The van der Waals surface area contributed by atoms with Crippen LogP contribution in [-0.4, -0.2) is 23.9 Å². The van der Waals surface area contributed by atoms with Crippen LogP contribution in [0.1, 0.15) is 20.3 Å². The third kappa shape index (κ3) is 1.76. The van der Waals surface area contributed by atoms with Crippen molar-refractivity contribution in [1.29, 1.82) is 5.26 Å². The molecule has 1 aliphatic carbocycles. The van der Waals surface area contributed by atoms with Crippen LogP contribution in [-0.2, 0) is 4.79 Å². The first-order valence-electron chi connectivity index (χ1n) is 4.36. The van der Waals surface area contributed by atoms with Crippen LogP contribution >= 0.6 is 0 Å². The van der Waals surface area contributed by atoms with Crippen molar-refractivity contribution in [2.75, 3.05) is 13.1 Å². The Morgan fingerprint density at radius 1 is 1.75 bits per heavy atom. The summed E-state index contributed by atoms with van der Waals surface area (Å²) in [6, 6.07) is 2.00. The minimum atomic E-state index is 0.159. The first-order valence-corrected chi connectivity index (χ1v) is 4.36. The van der Waals surface area contributed by atoms with Crippen molar-refractivity contribution in [3.8, 4) is 6.07 Å². The smallest absolute Gasteiger partial charge is 0.226 e. The summed E-state index contributed by atoms with van der Waals surface area (Å²) in [6.07, 6.45) is 1.00. The van der Waals surface area contributed by atoms with E-state index in [1.165, 1.54) is 0 Å². The third-order valence-electron chi connectivity index (χ3n) is 2.38. The molecule has 66 valence electrons. The highest BCUT2D eigenvalue weighted by Crippen LogP contribution is 2.38. The average Bonchev–Trinajstić information content (AvgIpc) is 2.77. The SMILES string of the molecule is CCN(CC#N)C(=O)C1CC1C. The van der Waals surface area contributed by atoms with E-state index in [-0.39, 0.29) is 18.4 Å². The summed E-state index contributed by atoms with van der Waals surface area (Å²) in [6.45, 7) is 4.86. The fourth-order valence-corrected chi connectivity index (χ4v) is 1.33. The molecule has 0 aromatic heterocycles. The van der Waals surface area contributed by atoms with Crippen LogP contribution < -0.4 is 0 Å². The molecule has 0 radical (unpaired) electrons. The first-order chi connectivity index (χ1) is 5.70. The highest BCUT2D eigenvalue weighted by Gasteiger charge is 2.40. The van der Waals surface area contributed by atoms with Gasteiger partial charge in [-0.15, -0.1) is 0 Å². The summed E-state index contributed by atoms with van der Waals surface area (Å²) < 4.78 is 0. The Bertz CT molecular complexity index is 219. The molecule has 0 aromatic carbocycles. The monoisotopic (exact) mass is 166 g/mol. The van der Waals surface area contributed by atoms with E-state index in [0.717, 1.165) is 6.42 Å². The second kappa shape index (κ2) is 3.57. The molecule has 0 saturated heterocycles. The molecule has 1 aliphatic rings. The molecule has 2 unspecified atom stereocenters. The van der Waals surface area contributed by atoms with E-state index < -0.39 is 0 Å². The number of carbonyl (C=O) groups is 1. The molecule has 1 saturated carbocycles. The Morgan fingerprint density at radius 2 is 2.33 bits per heavy atom. The van der Waals surface area contributed by atoms with Crippen molar-refractivity contribution in [3.63, 3.8) is 0 Å². The van der Waals surface area contributed by atoms with Gasteiger partial charge in [0, 0.05) is 12.5 Å². The maximum atomic E-state index is 11.5. The topological polar surface area (TPSA) is 44.1 Å². The number of hydrogen-bond acceptors (Lipinski definition) is 2. The molecule has 0 bridgehead atoms. The zero-order chi connectivity index (χ0) is 9.14. The van der Waals surface area contributed by atoms with E-state index in [2.05, 4.69) is 6.92 Å². The Balaban J connectivity index is 2.44. The Hall–Kier alpha value is -1.04. The highest BCUT2D eigenvalue weighted by molar-refractivity contribution is 5.81. The maximum absolute atomic E-state index is 11.5. The summed E-state index contributed by atoms with van der Waals surface area (Å²) in [5.41, 5.74) is 0. The number of hydrogen-bond donors (Lipinski definition) is 0. The average molecular weight is 166 g/mol. The lowest BCUT2D eigenvalue weighted by molar-refractivity contribution is -0.132. The van der Waals surface area contributed by atoms with Gasteiger partial charge in [0.2, 0.25) is 5.91 Å². The highest BCUT2D eigenvalue weighted by atomic mass is 16.2. The van der Waals surface area contributed by atoms with Crippen LogP contribution in [0.3, 0.4) is 0 Å². The zero-order valence-corrected chi connectivity index (χ0v) is 7.58. The van der Waals surface area contributed by atoms with Gasteiger partial charge in [0.1, 0.15) is 6.54 Å². The van der Waals surface area contributed by atoms with Crippen LogP contribution in [0.2, 0.25) is 0 Å². The van der Waals surface area contributed by atoms with Crippen LogP contribution in [0.5, 0.6) is 0 Å². The molecular formula is C9H14N2O. The number of rotatable bonds is 3. The second-order valence-electron chi connectivity index (χ2n) is 3.33. The third-order valence-corrected chi connectivity index (χ3v) is 2.38. The molecule has 0 spiro atoms. The first kappa shape index (κ1) is 9.05. The van der Waals surface area contributed by atoms with E-state index in [1.807, 2.05) is 13.0 Å². The van der Waals surface area contributed by atoms with E-state index >= 15 is 0 Å². The van der Waals surface area contributed by atoms with Gasteiger partial charge in [-0.2, -0.15) is 5.26 Å². The number of carbonyl (C=O) groups excluding carboxylic acids is 1. The normalized spacial score (nSPS) is 26.1. The minimum absolute atomic E-state index is 0.159. The van der Waals surface area contributed by atoms with E-state index in [9.17, 15) is 4.79 Å². The largest absolute Gasteiger partial charge is 0.329 e. The maximum Gasteiger partial charge on any atom is 0.226 e. The molecule has 2 atom stereocenters. The lowest BCUT2D eigenvalue weighted by atomic mass is 10.3. The van der Waals surface area contributed by atoms with Gasteiger partial charge in [0.05, 0.1) is 6.07 Å². The molecule has 3 heteroatoms. The summed E-state index contributed by atoms with van der Waals surface area (Å²) >= 11 is 0. The molecule has 1 rings (SSSR count). The summed E-state index contributed by atoms with van der Waals surface area (Å²) in [5, 5.41) is 8.44. The number of amides is 1. The molecule has 1 fully saturated rings. The van der Waals surface area contributed by atoms with Crippen molar-refractivity contribution in [3.05, 3.63) is 0 Å². The Kier molecular flexibility index (Phi) is 2.69. The lowest BCUT2D eigenvalue weighted by Gasteiger charge is -2.16. The predicted octanol–water partition coefficient (Wildman–Crippen LogP) is 1.01. The summed E-state index contributed by atoms with van der Waals surface area (Å²) in [7, 11) is 0. The van der Waals surface area contributed by atoms with Crippen molar-refractivity contribution in [2.24, 2.45) is 11.8 Å². The van der Waals surface area contributed by atoms with Gasteiger partial charge >= 0.3 is 0 Å². The van der Waals surface area contributed by atoms with Gasteiger partial charge in [0.25, 0.3) is 0 Å². The van der Waals surface area contributed by atoms with Gasteiger partial charge in [-0.1, -0.05) is 6.92 Å². The molecule has 1 amide bonds. The Morgan fingerprint density at radius 3 is 2.67 bits per heavy atom.